The zero-order valence-corrected chi connectivity index (χ0v) is 16.1. The van der Waals surface area contributed by atoms with E-state index < -0.39 is 0 Å². The first-order chi connectivity index (χ1) is 13.6. The molecule has 0 radical (unpaired) electrons. The minimum Gasteiger partial charge on any atom is -0.342 e. The van der Waals surface area contributed by atoms with Gasteiger partial charge in [0.2, 0.25) is 0 Å². The number of fused-ring (bicyclic) bond motifs is 1. The maximum absolute atomic E-state index is 12.7. The van der Waals surface area contributed by atoms with Crippen LogP contribution in [-0.4, -0.2) is 15.5 Å². The smallest absolute Gasteiger partial charge is 0.251 e. The Kier molecular flexibility index (Phi) is 4.94. The molecule has 1 atom stereocenters. The van der Waals surface area contributed by atoms with Gasteiger partial charge in [-0.2, -0.15) is 0 Å². The number of imidazole rings is 1. The van der Waals surface area contributed by atoms with Gasteiger partial charge in [0.25, 0.3) is 5.91 Å². The van der Waals surface area contributed by atoms with Crippen molar-refractivity contribution in [3.63, 3.8) is 0 Å². The minimum absolute atomic E-state index is 0.0884. The zero-order valence-electron chi connectivity index (χ0n) is 16.1. The molecule has 4 nitrogen and oxygen atoms in total. The fourth-order valence-corrected chi connectivity index (χ4v) is 3.49. The van der Waals surface area contributed by atoms with E-state index in [1.165, 1.54) is 5.56 Å². The number of carbonyl (C=O) groups is 1. The molecule has 1 amide bonds. The second-order valence-electron chi connectivity index (χ2n) is 7.10. The maximum atomic E-state index is 12.7. The lowest BCUT2D eigenvalue weighted by molar-refractivity contribution is 0.0937. The molecule has 28 heavy (non-hydrogen) atoms. The molecule has 0 fully saturated rings. The molecule has 4 rings (SSSR count). The van der Waals surface area contributed by atoms with E-state index in [9.17, 15) is 4.79 Å². The van der Waals surface area contributed by atoms with Crippen LogP contribution in [0.1, 0.15) is 40.3 Å². The van der Waals surface area contributed by atoms with E-state index in [-0.39, 0.29) is 11.9 Å². The number of hydrogen-bond acceptors (Lipinski definition) is 2. The average Bonchev–Trinajstić information content (AvgIpc) is 3.07. The summed E-state index contributed by atoms with van der Waals surface area (Å²) in [6.07, 6.45) is 0. The molecule has 140 valence electrons. The van der Waals surface area contributed by atoms with Crippen LogP contribution in [0.4, 0.5) is 0 Å². The molecule has 4 heteroatoms. The van der Waals surface area contributed by atoms with Crippen molar-refractivity contribution in [1.29, 1.82) is 0 Å². The monoisotopic (exact) mass is 369 g/mol. The third-order valence-electron chi connectivity index (χ3n) is 4.88. The van der Waals surface area contributed by atoms with E-state index >= 15 is 0 Å². The first kappa shape index (κ1) is 18.0. The number of hydrogen-bond donors (Lipinski definition) is 1. The Morgan fingerprint density at radius 2 is 1.75 bits per heavy atom. The first-order valence-electron chi connectivity index (χ1n) is 9.48. The van der Waals surface area contributed by atoms with Crippen LogP contribution in [0.5, 0.6) is 0 Å². The molecule has 1 heterocycles. The quantitative estimate of drug-likeness (QED) is 0.545. The van der Waals surface area contributed by atoms with Crippen molar-refractivity contribution in [3.8, 4) is 0 Å². The highest BCUT2D eigenvalue weighted by molar-refractivity contribution is 5.94. The van der Waals surface area contributed by atoms with E-state index in [0.29, 0.717) is 12.1 Å². The van der Waals surface area contributed by atoms with Gasteiger partial charge in [-0.1, -0.05) is 60.2 Å². The second kappa shape index (κ2) is 7.69. The Hall–Kier alpha value is -3.40. The van der Waals surface area contributed by atoms with Crippen LogP contribution in [0.15, 0.2) is 78.9 Å². The van der Waals surface area contributed by atoms with Crippen LogP contribution in [0.3, 0.4) is 0 Å². The fraction of sp³-hybridized carbons (Fsp3) is 0.167. The van der Waals surface area contributed by atoms with Gasteiger partial charge < -0.3 is 9.88 Å². The van der Waals surface area contributed by atoms with Crippen LogP contribution in [0.2, 0.25) is 0 Å². The third-order valence-corrected chi connectivity index (χ3v) is 4.88. The van der Waals surface area contributed by atoms with Crippen LogP contribution in [0.25, 0.3) is 11.0 Å². The molecule has 1 aromatic heterocycles. The molecule has 1 N–H and O–H groups in total. The van der Waals surface area contributed by atoms with Crippen LogP contribution in [0, 0.1) is 6.92 Å². The molecular formula is C24H23N3O. The molecule has 0 unspecified atom stereocenters. The van der Waals surface area contributed by atoms with Gasteiger partial charge >= 0.3 is 0 Å². The van der Waals surface area contributed by atoms with E-state index in [4.69, 9.17) is 4.98 Å². The number of carbonyl (C=O) groups excluding carboxylic acids is 1. The highest BCUT2D eigenvalue weighted by Gasteiger charge is 2.19. The lowest BCUT2D eigenvalue weighted by Gasteiger charge is -2.17. The van der Waals surface area contributed by atoms with Gasteiger partial charge in [0, 0.05) is 12.1 Å². The Morgan fingerprint density at radius 3 is 2.54 bits per heavy atom. The molecule has 0 saturated heterocycles. The fourth-order valence-electron chi connectivity index (χ4n) is 3.49. The van der Waals surface area contributed by atoms with Crippen LogP contribution >= 0.6 is 0 Å². The van der Waals surface area contributed by atoms with Crippen molar-refractivity contribution in [2.75, 3.05) is 0 Å². The van der Waals surface area contributed by atoms with Crippen LogP contribution in [-0.2, 0) is 6.54 Å². The molecule has 0 aliphatic heterocycles. The average molecular weight is 369 g/mol. The van der Waals surface area contributed by atoms with E-state index in [1.807, 2.05) is 74.5 Å². The van der Waals surface area contributed by atoms with Gasteiger partial charge in [-0.15, -0.1) is 0 Å². The summed E-state index contributed by atoms with van der Waals surface area (Å²) in [6.45, 7) is 4.68. The van der Waals surface area contributed by atoms with Gasteiger partial charge in [0.05, 0.1) is 17.1 Å². The van der Waals surface area contributed by atoms with E-state index in [2.05, 4.69) is 28.1 Å². The topological polar surface area (TPSA) is 46.9 Å². The summed E-state index contributed by atoms with van der Waals surface area (Å²) in [7, 11) is 0. The third kappa shape index (κ3) is 3.67. The predicted molar refractivity (Wildman–Crippen MR) is 112 cm³/mol. The molecule has 0 bridgehead atoms. The molecule has 0 saturated carbocycles. The normalized spacial score (nSPS) is 12.1. The van der Waals surface area contributed by atoms with Gasteiger partial charge in [-0.3, -0.25) is 4.79 Å². The van der Waals surface area contributed by atoms with Crippen molar-refractivity contribution in [3.05, 3.63) is 101 Å². The predicted octanol–water partition coefficient (Wildman–Crippen LogP) is 4.88. The molecule has 0 aliphatic carbocycles. The lowest BCUT2D eigenvalue weighted by atomic mass is 10.1. The van der Waals surface area contributed by atoms with Crippen molar-refractivity contribution >= 4 is 16.9 Å². The number of para-hydroxylation sites is 2. The summed E-state index contributed by atoms with van der Waals surface area (Å²) in [4.78, 5) is 17.5. The summed E-state index contributed by atoms with van der Waals surface area (Å²) in [5.74, 6) is 0.764. The number of benzene rings is 3. The SMILES string of the molecule is Cc1cccc(C(=O)N[C@H](C)c2nc3ccccc3n2Cc2ccccc2)c1. The number of nitrogens with one attached hydrogen (secondary N) is 1. The van der Waals surface area contributed by atoms with Crippen molar-refractivity contribution in [2.45, 2.75) is 26.4 Å². The van der Waals surface area contributed by atoms with Crippen LogP contribution < -0.4 is 5.32 Å². The van der Waals surface area contributed by atoms with Crippen molar-refractivity contribution in [1.82, 2.24) is 14.9 Å². The largest absolute Gasteiger partial charge is 0.342 e. The van der Waals surface area contributed by atoms with Crippen molar-refractivity contribution < 1.29 is 4.79 Å². The van der Waals surface area contributed by atoms with Gasteiger partial charge in [0.1, 0.15) is 5.82 Å². The van der Waals surface area contributed by atoms with Gasteiger partial charge in [-0.05, 0) is 43.7 Å². The van der Waals surface area contributed by atoms with Gasteiger partial charge in [0.15, 0.2) is 0 Å². The molecule has 0 aliphatic rings. The first-order valence-corrected chi connectivity index (χ1v) is 9.48. The summed E-state index contributed by atoms with van der Waals surface area (Å²) < 4.78 is 2.19. The Morgan fingerprint density at radius 1 is 1.00 bits per heavy atom. The summed E-state index contributed by atoms with van der Waals surface area (Å²) >= 11 is 0. The Balaban J connectivity index is 1.67. The zero-order chi connectivity index (χ0) is 19.5. The summed E-state index contributed by atoms with van der Waals surface area (Å²) in [5, 5.41) is 3.10. The summed E-state index contributed by atoms with van der Waals surface area (Å²) in [5.41, 5.74) is 4.93. The minimum atomic E-state index is -0.218. The molecular weight excluding hydrogens is 346 g/mol. The Bertz CT molecular complexity index is 1120. The number of amides is 1. The number of aromatic nitrogens is 2. The molecule has 3 aromatic carbocycles. The van der Waals surface area contributed by atoms with E-state index in [0.717, 1.165) is 22.4 Å². The highest BCUT2D eigenvalue weighted by atomic mass is 16.1. The standard InChI is InChI=1S/C24H23N3O/c1-17-9-8-12-20(15-17)24(28)25-18(2)23-26-21-13-6-7-14-22(21)27(23)16-19-10-4-3-5-11-19/h3-15,18H,16H2,1-2H3,(H,25,28)/t18-/m1/s1. The molecule has 0 spiro atoms. The summed E-state index contributed by atoms with van der Waals surface area (Å²) in [6, 6.07) is 25.8. The highest BCUT2D eigenvalue weighted by Crippen LogP contribution is 2.22. The van der Waals surface area contributed by atoms with E-state index in [1.54, 1.807) is 0 Å². The number of rotatable bonds is 5. The lowest BCUT2D eigenvalue weighted by Crippen LogP contribution is -2.28. The van der Waals surface area contributed by atoms with Gasteiger partial charge in [-0.25, -0.2) is 4.98 Å². The maximum Gasteiger partial charge on any atom is 0.251 e. The number of aryl methyl sites for hydroxylation is 1. The van der Waals surface area contributed by atoms with Crippen molar-refractivity contribution in [2.24, 2.45) is 0 Å². The Labute approximate surface area is 164 Å². The number of nitrogens with zero attached hydrogens (tertiary/aromatic N) is 2. The molecule has 4 aromatic rings. The second-order valence-corrected chi connectivity index (χ2v) is 7.10.